The zero-order chi connectivity index (χ0) is 20.3. The molecule has 0 radical (unpaired) electrons. The molecule has 1 atom stereocenters. The SMILES string of the molecule is O=C(NCc1cccnc1-c1ccncc1)C1CCCN1c1nc2ccccc2o1. The number of oxazole rings is 1. The summed E-state index contributed by atoms with van der Waals surface area (Å²) in [6, 6.07) is 15.6. The second-order valence-electron chi connectivity index (χ2n) is 7.28. The van der Waals surface area contributed by atoms with E-state index < -0.39 is 0 Å². The second-order valence-corrected chi connectivity index (χ2v) is 7.28. The molecule has 0 saturated carbocycles. The van der Waals surface area contributed by atoms with Gasteiger partial charge >= 0.3 is 0 Å². The maximum Gasteiger partial charge on any atom is 0.299 e. The van der Waals surface area contributed by atoms with Gasteiger partial charge in [0.05, 0.1) is 5.69 Å². The zero-order valence-electron chi connectivity index (χ0n) is 16.4. The van der Waals surface area contributed by atoms with Gasteiger partial charge in [0, 0.05) is 37.2 Å². The molecular weight excluding hydrogens is 378 g/mol. The van der Waals surface area contributed by atoms with Crippen LogP contribution in [0.2, 0.25) is 0 Å². The van der Waals surface area contributed by atoms with E-state index in [1.807, 2.05) is 53.4 Å². The van der Waals surface area contributed by atoms with E-state index in [1.165, 1.54) is 0 Å². The Hall–Kier alpha value is -3.74. The lowest BCUT2D eigenvalue weighted by atomic mass is 10.1. The number of carbonyl (C=O) groups excluding carboxylic acids is 1. The summed E-state index contributed by atoms with van der Waals surface area (Å²) < 4.78 is 5.89. The molecule has 4 heterocycles. The standard InChI is InChI=1S/C23H21N5O2/c29-22(26-15-17-5-3-11-25-21(17)16-9-12-24-13-10-16)19-7-4-14-28(19)23-27-18-6-1-2-8-20(18)30-23/h1-3,5-6,8-13,19H,4,7,14-15H2,(H,26,29). The summed E-state index contributed by atoms with van der Waals surface area (Å²) in [6.45, 7) is 1.16. The number of amides is 1. The average Bonchev–Trinajstić information content (AvgIpc) is 3.45. The number of rotatable bonds is 5. The number of hydrogen-bond acceptors (Lipinski definition) is 6. The number of para-hydroxylation sites is 2. The smallest absolute Gasteiger partial charge is 0.299 e. The second kappa shape index (κ2) is 7.94. The lowest BCUT2D eigenvalue weighted by molar-refractivity contribution is -0.122. The van der Waals surface area contributed by atoms with Crippen molar-refractivity contribution in [2.24, 2.45) is 0 Å². The van der Waals surface area contributed by atoms with E-state index in [4.69, 9.17) is 4.42 Å². The van der Waals surface area contributed by atoms with Crippen LogP contribution in [-0.4, -0.2) is 33.4 Å². The molecule has 1 aliphatic rings. The van der Waals surface area contributed by atoms with Crippen molar-refractivity contribution < 1.29 is 9.21 Å². The lowest BCUT2D eigenvalue weighted by Gasteiger charge is -2.22. The molecule has 7 nitrogen and oxygen atoms in total. The quantitative estimate of drug-likeness (QED) is 0.552. The molecule has 1 saturated heterocycles. The number of hydrogen-bond donors (Lipinski definition) is 1. The van der Waals surface area contributed by atoms with Gasteiger partial charge in [0.25, 0.3) is 6.01 Å². The fourth-order valence-corrected chi connectivity index (χ4v) is 3.90. The van der Waals surface area contributed by atoms with Crippen molar-refractivity contribution in [1.29, 1.82) is 0 Å². The number of benzene rings is 1. The van der Waals surface area contributed by atoms with Crippen LogP contribution in [0.4, 0.5) is 6.01 Å². The maximum atomic E-state index is 13.0. The Bertz CT molecular complexity index is 1140. The van der Waals surface area contributed by atoms with Gasteiger partial charge in [0.1, 0.15) is 11.6 Å². The average molecular weight is 399 g/mol. The number of nitrogens with one attached hydrogen (secondary N) is 1. The van der Waals surface area contributed by atoms with Crippen molar-refractivity contribution in [3.05, 3.63) is 72.7 Å². The van der Waals surface area contributed by atoms with Crippen molar-refractivity contribution in [3.63, 3.8) is 0 Å². The molecule has 1 aromatic carbocycles. The molecule has 7 heteroatoms. The molecule has 1 fully saturated rings. The number of pyridine rings is 2. The van der Waals surface area contributed by atoms with Crippen LogP contribution in [0.5, 0.6) is 0 Å². The van der Waals surface area contributed by atoms with Crippen LogP contribution in [0, 0.1) is 0 Å². The number of anilines is 1. The molecule has 30 heavy (non-hydrogen) atoms. The van der Waals surface area contributed by atoms with E-state index in [1.54, 1.807) is 18.6 Å². The van der Waals surface area contributed by atoms with E-state index >= 15 is 0 Å². The van der Waals surface area contributed by atoms with Crippen molar-refractivity contribution >= 4 is 23.0 Å². The molecular formula is C23H21N5O2. The van der Waals surface area contributed by atoms with E-state index in [0.717, 1.165) is 47.3 Å². The summed E-state index contributed by atoms with van der Waals surface area (Å²) >= 11 is 0. The van der Waals surface area contributed by atoms with Gasteiger partial charge in [0.2, 0.25) is 5.91 Å². The Morgan fingerprint density at radius 1 is 1.10 bits per heavy atom. The van der Waals surface area contributed by atoms with Gasteiger partial charge < -0.3 is 14.6 Å². The van der Waals surface area contributed by atoms with Gasteiger partial charge in [-0.15, -0.1) is 0 Å². The number of fused-ring (bicyclic) bond motifs is 1. The Labute approximate surface area is 173 Å². The first-order valence-corrected chi connectivity index (χ1v) is 10.0. The topological polar surface area (TPSA) is 84.2 Å². The van der Waals surface area contributed by atoms with Crippen molar-refractivity contribution in [2.45, 2.75) is 25.4 Å². The van der Waals surface area contributed by atoms with Crippen LogP contribution >= 0.6 is 0 Å². The summed E-state index contributed by atoms with van der Waals surface area (Å²) in [4.78, 5) is 28.1. The molecule has 1 aliphatic heterocycles. The van der Waals surface area contributed by atoms with Gasteiger partial charge in [-0.25, -0.2) is 0 Å². The Kier molecular flexibility index (Phi) is 4.85. The Morgan fingerprint density at radius 3 is 2.83 bits per heavy atom. The minimum absolute atomic E-state index is 0.0284. The van der Waals surface area contributed by atoms with Crippen LogP contribution in [0.1, 0.15) is 18.4 Å². The first-order chi connectivity index (χ1) is 14.8. The monoisotopic (exact) mass is 399 g/mol. The predicted molar refractivity (Wildman–Crippen MR) is 114 cm³/mol. The third-order valence-electron chi connectivity index (χ3n) is 5.38. The minimum atomic E-state index is -0.292. The first-order valence-electron chi connectivity index (χ1n) is 10.0. The van der Waals surface area contributed by atoms with Crippen LogP contribution in [0.25, 0.3) is 22.4 Å². The van der Waals surface area contributed by atoms with Crippen molar-refractivity contribution in [3.8, 4) is 11.3 Å². The Balaban J connectivity index is 1.32. The van der Waals surface area contributed by atoms with Gasteiger partial charge in [-0.2, -0.15) is 4.98 Å². The molecule has 0 bridgehead atoms. The zero-order valence-corrected chi connectivity index (χ0v) is 16.4. The van der Waals surface area contributed by atoms with Crippen LogP contribution in [0.3, 0.4) is 0 Å². The lowest BCUT2D eigenvalue weighted by Crippen LogP contribution is -2.43. The summed E-state index contributed by atoms with van der Waals surface area (Å²) in [6.07, 6.45) is 6.93. The molecule has 3 aromatic heterocycles. The maximum absolute atomic E-state index is 13.0. The van der Waals surface area contributed by atoms with Gasteiger partial charge in [-0.1, -0.05) is 18.2 Å². The highest BCUT2D eigenvalue weighted by molar-refractivity contribution is 5.86. The van der Waals surface area contributed by atoms with E-state index in [9.17, 15) is 4.79 Å². The Morgan fingerprint density at radius 2 is 1.97 bits per heavy atom. The number of nitrogens with zero attached hydrogens (tertiary/aromatic N) is 4. The third kappa shape index (κ3) is 3.50. The molecule has 0 aliphatic carbocycles. The molecule has 4 aromatic rings. The van der Waals surface area contributed by atoms with Crippen LogP contribution < -0.4 is 10.2 Å². The molecule has 1 amide bonds. The highest BCUT2D eigenvalue weighted by Gasteiger charge is 2.33. The van der Waals surface area contributed by atoms with Gasteiger partial charge in [-0.05, 0) is 48.7 Å². The van der Waals surface area contributed by atoms with Crippen LogP contribution in [-0.2, 0) is 11.3 Å². The summed E-state index contributed by atoms with van der Waals surface area (Å²) in [5.74, 6) is -0.0284. The summed E-state index contributed by atoms with van der Waals surface area (Å²) in [5, 5.41) is 3.08. The van der Waals surface area contributed by atoms with Gasteiger partial charge in [-0.3, -0.25) is 14.8 Å². The molecule has 150 valence electrons. The first kappa shape index (κ1) is 18.3. The predicted octanol–water partition coefficient (Wildman–Crippen LogP) is 3.57. The van der Waals surface area contributed by atoms with E-state index in [-0.39, 0.29) is 11.9 Å². The molecule has 1 unspecified atom stereocenters. The molecule has 5 rings (SSSR count). The highest BCUT2D eigenvalue weighted by Crippen LogP contribution is 2.28. The summed E-state index contributed by atoms with van der Waals surface area (Å²) in [7, 11) is 0. The van der Waals surface area contributed by atoms with Crippen molar-refractivity contribution in [2.75, 3.05) is 11.4 Å². The van der Waals surface area contributed by atoms with E-state index in [0.29, 0.717) is 12.6 Å². The van der Waals surface area contributed by atoms with Gasteiger partial charge in [0.15, 0.2) is 5.58 Å². The largest absolute Gasteiger partial charge is 0.423 e. The molecule has 0 spiro atoms. The summed E-state index contributed by atoms with van der Waals surface area (Å²) in [5.41, 5.74) is 4.32. The number of carbonyl (C=O) groups is 1. The fourth-order valence-electron chi connectivity index (χ4n) is 3.90. The highest BCUT2D eigenvalue weighted by atomic mass is 16.4. The van der Waals surface area contributed by atoms with Crippen molar-refractivity contribution in [1.82, 2.24) is 20.3 Å². The minimum Gasteiger partial charge on any atom is -0.423 e. The molecule has 1 N–H and O–H groups in total. The van der Waals surface area contributed by atoms with Crippen LogP contribution in [0.15, 0.2) is 71.5 Å². The van der Waals surface area contributed by atoms with E-state index in [2.05, 4.69) is 20.3 Å². The fraction of sp³-hybridized carbons (Fsp3) is 0.217. The third-order valence-corrected chi connectivity index (χ3v) is 5.38. The normalized spacial score (nSPS) is 16.1. The number of aromatic nitrogens is 3.